The summed E-state index contributed by atoms with van der Waals surface area (Å²) < 4.78 is 0. The average molecular weight is 273 g/mol. The zero-order valence-corrected chi connectivity index (χ0v) is 11.6. The number of hydrogen-bond donors (Lipinski definition) is 0. The van der Waals surface area contributed by atoms with Gasteiger partial charge in [0.2, 0.25) is 0 Å². The topological polar surface area (TPSA) is 40.9 Å². The molecule has 3 atom stereocenters. The second kappa shape index (κ2) is 4.30. The minimum Gasteiger partial charge on any atom is -0.299 e. The van der Waals surface area contributed by atoms with Gasteiger partial charge in [-0.25, -0.2) is 0 Å². The molecule has 21 heavy (non-hydrogen) atoms. The van der Waals surface area contributed by atoms with Crippen LogP contribution in [0.4, 0.5) is 0 Å². The molecular formula is C19H15NO. The van der Waals surface area contributed by atoms with E-state index in [1.165, 1.54) is 11.1 Å². The third-order valence-electron chi connectivity index (χ3n) is 5.18. The molecule has 2 nitrogen and oxygen atoms in total. The Bertz CT molecular complexity index is 741. The minimum absolute atomic E-state index is 0.0214. The molecule has 0 spiro atoms. The molecule has 0 aliphatic heterocycles. The van der Waals surface area contributed by atoms with Crippen molar-refractivity contribution in [2.24, 2.45) is 5.92 Å². The van der Waals surface area contributed by atoms with E-state index in [2.05, 4.69) is 18.2 Å². The maximum atomic E-state index is 12.2. The smallest absolute Gasteiger partial charge is 0.137 e. The summed E-state index contributed by atoms with van der Waals surface area (Å²) in [5.41, 5.74) is 3.13. The van der Waals surface area contributed by atoms with Crippen molar-refractivity contribution in [1.82, 2.24) is 0 Å². The van der Waals surface area contributed by atoms with Gasteiger partial charge in [0.15, 0.2) is 0 Å². The number of Topliss-reactive ketones (excluding diaryl/α,β-unsaturated/α-hetero) is 1. The molecular weight excluding hydrogens is 258 g/mol. The summed E-state index contributed by atoms with van der Waals surface area (Å²) in [6.07, 6.45) is 1.62. The number of carbonyl (C=O) groups excluding carboxylic acids is 1. The Kier molecular flexibility index (Phi) is 2.53. The van der Waals surface area contributed by atoms with E-state index in [9.17, 15) is 4.79 Å². The molecule has 2 aromatic rings. The second-order valence-corrected chi connectivity index (χ2v) is 6.06. The van der Waals surface area contributed by atoms with Crippen LogP contribution in [-0.2, 0) is 10.2 Å². The van der Waals surface area contributed by atoms with E-state index in [0.29, 0.717) is 23.7 Å². The van der Waals surface area contributed by atoms with Crippen LogP contribution in [0.25, 0.3) is 0 Å². The number of ketones is 1. The fourth-order valence-corrected chi connectivity index (χ4v) is 4.22. The Hall–Kier alpha value is -2.40. The maximum Gasteiger partial charge on any atom is 0.137 e. The molecule has 2 aliphatic carbocycles. The molecule has 2 saturated carbocycles. The van der Waals surface area contributed by atoms with Gasteiger partial charge in [-0.05, 0) is 29.7 Å². The summed E-state index contributed by atoms with van der Waals surface area (Å²) in [7, 11) is 0. The van der Waals surface area contributed by atoms with Crippen molar-refractivity contribution in [3.05, 3.63) is 71.3 Å². The van der Waals surface area contributed by atoms with Crippen LogP contribution in [0.1, 0.15) is 35.4 Å². The van der Waals surface area contributed by atoms with Crippen LogP contribution in [0.3, 0.4) is 0 Å². The lowest BCUT2D eigenvalue weighted by Gasteiger charge is -2.15. The van der Waals surface area contributed by atoms with Gasteiger partial charge in [0.1, 0.15) is 5.78 Å². The Morgan fingerprint density at radius 1 is 1.00 bits per heavy atom. The molecule has 0 N–H and O–H groups in total. The summed E-state index contributed by atoms with van der Waals surface area (Å²) in [4.78, 5) is 12.2. The predicted molar refractivity (Wildman–Crippen MR) is 79.7 cm³/mol. The number of fused-ring (bicyclic) bond motifs is 1. The third-order valence-corrected chi connectivity index (χ3v) is 5.18. The lowest BCUT2D eigenvalue weighted by atomic mass is 9.88. The molecule has 2 aliphatic rings. The molecule has 0 heterocycles. The lowest BCUT2D eigenvalue weighted by Crippen LogP contribution is -2.08. The number of benzene rings is 2. The van der Waals surface area contributed by atoms with E-state index >= 15 is 0 Å². The highest BCUT2D eigenvalue weighted by Crippen LogP contribution is 2.72. The number of nitrogens with zero attached hydrogens (tertiary/aromatic N) is 1. The van der Waals surface area contributed by atoms with E-state index < -0.39 is 0 Å². The Balaban J connectivity index is 1.78. The first-order chi connectivity index (χ1) is 10.3. The molecule has 0 saturated heterocycles. The summed E-state index contributed by atoms with van der Waals surface area (Å²) in [5, 5.41) is 8.94. The summed E-state index contributed by atoms with van der Waals surface area (Å²) >= 11 is 0. The molecule has 0 bridgehead atoms. The van der Waals surface area contributed by atoms with E-state index in [-0.39, 0.29) is 11.3 Å². The highest BCUT2D eigenvalue weighted by molar-refractivity contribution is 5.92. The standard InChI is InChI=1S/C19H15NO/c20-12-13-6-8-15(9-7-13)19-11-10-16(21)18(19)17(19)14-4-2-1-3-5-14/h1-9,17-18H,10-11H2/t17?,18-,19-/m1/s1. The van der Waals surface area contributed by atoms with Gasteiger partial charge < -0.3 is 0 Å². The van der Waals surface area contributed by atoms with Gasteiger partial charge in [-0.3, -0.25) is 4.79 Å². The highest BCUT2D eigenvalue weighted by Gasteiger charge is 2.71. The molecule has 2 fully saturated rings. The van der Waals surface area contributed by atoms with Crippen LogP contribution in [0.15, 0.2) is 54.6 Å². The van der Waals surface area contributed by atoms with Crippen molar-refractivity contribution >= 4 is 5.78 Å². The van der Waals surface area contributed by atoms with Gasteiger partial charge in [0, 0.05) is 23.7 Å². The fraction of sp³-hybridized carbons (Fsp3) is 0.263. The Labute approximate surface area is 124 Å². The van der Waals surface area contributed by atoms with E-state index in [1.807, 2.05) is 42.5 Å². The SMILES string of the molecule is N#Cc1ccc([C@@]23CCC(=O)[C@@H]2C3c2ccccc2)cc1. The van der Waals surface area contributed by atoms with Crippen molar-refractivity contribution in [3.63, 3.8) is 0 Å². The zero-order valence-electron chi connectivity index (χ0n) is 11.6. The minimum atomic E-state index is -0.0214. The van der Waals surface area contributed by atoms with Crippen molar-refractivity contribution < 1.29 is 4.79 Å². The first-order valence-electron chi connectivity index (χ1n) is 7.35. The normalized spacial score (nSPS) is 29.8. The van der Waals surface area contributed by atoms with Crippen molar-refractivity contribution in [2.45, 2.75) is 24.2 Å². The third kappa shape index (κ3) is 1.61. The number of rotatable bonds is 2. The van der Waals surface area contributed by atoms with Gasteiger partial charge in [-0.15, -0.1) is 0 Å². The van der Waals surface area contributed by atoms with Gasteiger partial charge in [0.05, 0.1) is 11.6 Å². The first kappa shape index (κ1) is 12.3. The zero-order chi connectivity index (χ0) is 14.4. The van der Waals surface area contributed by atoms with Crippen LogP contribution >= 0.6 is 0 Å². The fourth-order valence-electron chi connectivity index (χ4n) is 4.22. The van der Waals surface area contributed by atoms with Gasteiger partial charge in [-0.1, -0.05) is 42.5 Å². The van der Waals surface area contributed by atoms with E-state index in [1.54, 1.807) is 0 Å². The van der Waals surface area contributed by atoms with Crippen molar-refractivity contribution in [3.8, 4) is 6.07 Å². The average Bonchev–Trinajstić information content (AvgIpc) is 3.13. The monoisotopic (exact) mass is 273 g/mol. The maximum absolute atomic E-state index is 12.2. The summed E-state index contributed by atoms with van der Waals surface area (Å²) in [5.74, 6) is 0.842. The Morgan fingerprint density at radius 2 is 1.71 bits per heavy atom. The number of nitriles is 1. The Morgan fingerprint density at radius 3 is 2.38 bits per heavy atom. The number of hydrogen-bond acceptors (Lipinski definition) is 2. The lowest BCUT2D eigenvalue weighted by molar-refractivity contribution is -0.119. The molecule has 0 radical (unpaired) electrons. The van der Waals surface area contributed by atoms with Crippen LogP contribution in [0.2, 0.25) is 0 Å². The first-order valence-corrected chi connectivity index (χ1v) is 7.35. The highest BCUT2D eigenvalue weighted by atomic mass is 16.1. The molecule has 0 amide bonds. The van der Waals surface area contributed by atoms with Crippen molar-refractivity contribution in [1.29, 1.82) is 5.26 Å². The molecule has 4 rings (SSSR count). The molecule has 1 unspecified atom stereocenters. The van der Waals surface area contributed by atoms with Crippen molar-refractivity contribution in [2.75, 3.05) is 0 Å². The van der Waals surface area contributed by atoms with Crippen LogP contribution in [0, 0.1) is 17.2 Å². The quantitative estimate of drug-likeness (QED) is 0.839. The van der Waals surface area contributed by atoms with Gasteiger partial charge in [-0.2, -0.15) is 5.26 Å². The molecule has 2 aromatic carbocycles. The largest absolute Gasteiger partial charge is 0.299 e. The predicted octanol–water partition coefficient (Wildman–Crippen LogP) is 3.57. The van der Waals surface area contributed by atoms with E-state index in [4.69, 9.17) is 5.26 Å². The molecule has 0 aromatic heterocycles. The van der Waals surface area contributed by atoms with Gasteiger partial charge >= 0.3 is 0 Å². The second-order valence-electron chi connectivity index (χ2n) is 6.06. The van der Waals surface area contributed by atoms with Crippen LogP contribution < -0.4 is 0 Å². The summed E-state index contributed by atoms with van der Waals surface area (Å²) in [6.45, 7) is 0. The molecule has 2 heteroatoms. The summed E-state index contributed by atoms with van der Waals surface area (Å²) in [6, 6.07) is 20.3. The molecule has 102 valence electrons. The van der Waals surface area contributed by atoms with Crippen LogP contribution in [-0.4, -0.2) is 5.78 Å². The van der Waals surface area contributed by atoms with Crippen LogP contribution in [0.5, 0.6) is 0 Å². The van der Waals surface area contributed by atoms with Gasteiger partial charge in [0.25, 0.3) is 0 Å². The number of carbonyl (C=O) groups is 1. The van der Waals surface area contributed by atoms with E-state index in [0.717, 1.165) is 6.42 Å².